The molecule has 1 heterocycles. The Kier molecular flexibility index (Phi) is 3.60. The Balaban J connectivity index is 1.88. The van der Waals surface area contributed by atoms with E-state index in [1.807, 2.05) is 0 Å². The van der Waals surface area contributed by atoms with E-state index in [1.165, 1.54) is 12.1 Å². The van der Waals surface area contributed by atoms with Crippen molar-refractivity contribution in [2.24, 2.45) is 5.92 Å². The molecule has 1 fully saturated rings. The summed E-state index contributed by atoms with van der Waals surface area (Å²) >= 11 is 0. The van der Waals surface area contributed by atoms with E-state index in [0.717, 1.165) is 12.8 Å². The number of nitrogens with one attached hydrogen (secondary N) is 1. The summed E-state index contributed by atoms with van der Waals surface area (Å²) in [5.74, 6) is -2.22. The summed E-state index contributed by atoms with van der Waals surface area (Å²) in [4.78, 5) is 28.2. The van der Waals surface area contributed by atoms with Crippen LogP contribution in [0.1, 0.15) is 30.3 Å². The van der Waals surface area contributed by atoms with Crippen molar-refractivity contribution in [1.29, 1.82) is 0 Å². The number of hydrogen-bond donors (Lipinski definition) is 2. The molecule has 0 radical (unpaired) electrons. The molecule has 116 valence electrons. The first kappa shape index (κ1) is 14.6. The van der Waals surface area contributed by atoms with E-state index < -0.39 is 11.9 Å². The van der Waals surface area contributed by atoms with E-state index >= 15 is 0 Å². The van der Waals surface area contributed by atoms with Gasteiger partial charge in [-0.05, 0) is 31.0 Å². The molecule has 1 amide bonds. The van der Waals surface area contributed by atoms with E-state index in [2.05, 4.69) is 4.98 Å². The second kappa shape index (κ2) is 5.44. The number of H-pyrrole nitrogens is 1. The standard InChI is InChI=1S/C16H17FN2O3/c1-9(16(21)22)8-19(10-5-6-10)15(20)14-7-11-12(17)3-2-4-13(11)18-14/h2-4,7,9-10,18H,5-6,8H2,1H3,(H,21,22)/t9-/m0/s1. The number of halogens is 1. The molecule has 0 unspecified atom stereocenters. The summed E-state index contributed by atoms with van der Waals surface area (Å²) in [5, 5.41) is 9.41. The number of benzene rings is 1. The smallest absolute Gasteiger partial charge is 0.308 e. The third-order valence-corrected chi connectivity index (χ3v) is 3.98. The molecular formula is C16H17FN2O3. The monoisotopic (exact) mass is 304 g/mol. The van der Waals surface area contributed by atoms with Crippen LogP contribution in [0.5, 0.6) is 0 Å². The minimum atomic E-state index is -0.929. The van der Waals surface area contributed by atoms with Crippen LogP contribution in [-0.4, -0.2) is 39.5 Å². The lowest BCUT2D eigenvalue weighted by Crippen LogP contribution is -2.38. The molecule has 0 aliphatic heterocycles. The van der Waals surface area contributed by atoms with E-state index in [-0.39, 0.29) is 24.3 Å². The highest BCUT2D eigenvalue weighted by Crippen LogP contribution is 2.30. The van der Waals surface area contributed by atoms with Gasteiger partial charge in [0.15, 0.2) is 0 Å². The van der Waals surface area contributed by atoms with Crippen molar-refractivity contribution in [3.8, 4) is 0 Å². The van der Waals surface area contributed by atoms with Crippen molar-refractivity contribution in [1.82, 2.24) is 9.88 Å². The van der Waals surface area contributed by atoms with Crippen molar-refractivity contribution < 1.29 is 19.1 Å². The van der Waals surface area contributed by atoms with Crippen molar-refractivity contribution in [2.75, 3.05) is 6.54 Å². The molecular weight excluding hydrogens is 287 g/mol. The SMILES string of the molecule is C[C@@H](CN(C(=O)c1cc2c(F)cccc2[nH]1)C1CC1)C(=O)O. The summed E-state index contributed by atoms with van der Waals surface area (Å²) < 4.78 is 13.7. The number of amides is 1. The molecule has 5 nitrogen and oxygen atoms in total. The Hall–Kier alpha value is -2.37. The normalized spacial score (nSPS) is 15.7. The average Bonchev–Trinajstić information content (AvgIpc) is 3.22. The molecule has 1 aliphatic rings. The maximum Gasteiger partial charge on any atom is 0.308 e. The first-order chi connectivity index (χ1) is 10.5. The molecule has 6 heteroatoms. The van der Waals surface area contributed by atoms with Gasteiger partial charge in [-0.2, -0.15) is 0 Å². The predicted molar refractivity (Wildman–Crippen MR) is 79.1 cm³/mol. The lowest BCUT2D eigenvalue weighted by atomic mass is 10.1. The van der Waals surface area contributed by atoms with Gasteiger partial charge in [-0.1, -0.05) is 13.0 Å². The third kappa shape index (κ3) is 2.68. The summed E-state index contributed by atoms with van der Waals surface area (Å²) in [6.07, 6.45) is 1.76. The number of nitrogens with zero attached hydrogens (tertiary/aromatic N) is 1. The fraction of sp³-hybridized carbons (Fsp3) is 0.375. The molecule has 0 bridgehead atoms. The highest BCUT2D eigenvalue weighted by molar-refractivity contribution is 5.98. The van der Waals surface area contributed by atoms with Gasteiger partial charge in [0.2, 0.25) is 0 Å². The van der Waals surface area contributed by atoms with Crippen LogP contribution < -0.4 is 0 Å². The molecule has 1 aromatic carbocycles. The number of carbonyl (C=O) groups excluding carboxylic acids is 1. The Labute approximate surface area is 126 Å². The summed E-state index contributed by atoms with van der Waals surface area (Å²) in [6.45, 7) is 1.74. The highest BCUT2D eigenvalue weighted by atomic mass is 19.1. The van der Waals surface area contributed by atoms with Gasteiger partial charge in [-0.15, -0.1) is 0 Å². The predicted octanol–water partition coefficient (Wildman–Crippen LogP) is 2.63. The number of aromatic nitrogens is 1. The van der Waals surface area contributed by atoms with Crippen molar-refractivity contribution in [3.05, 3.63) is 35.8 Å². The molecule has 1 atom stereocenters. The molecule has 1 aromatic heterocycles. The second-order valence-electron chi connectivity index (χ2n) is 5.81. The Morgan fingerprint density at radius 2 is 2.18 bits per heavy atom. The minimum absolute atomic E-state index is 0.0885. The summed E-state index contributed by atoms with van der Waals surface area (Å²) in [7, 11) is 0. The number of hydrogen-bond acceptors (Lipinski definition) is 2. The number of carboxylic acids is 1. The lowest BCUT2D eigenvalue weighted by molar-refractivity contribution is -0.141. The van der Waals surface area contributed by atoms with Gasteiger partial charge in [0, 0.05) is 23.5 Å². The number of aromatic amines is 1. The fourth-order valence-corrected chi connectivity index (χ4v) is 2.55. The Bertz CT molecular complexity index is 736. The van der Waals surface area contributed by atoms with Crippen LogP contribution in [0.15, 0.2) is 24.3 Å². The molecule has 3 rings (SSSR count). The number of rotatable bonds is 5. The first-order valence-corrected chi connectivity index (χ1v) is 7.28. The topological polar surface area (TPSA) is 73.4 Å². The zero-order chi connectivity index (χ0) is 15.9. The van der Waals surface area contributed by atoms with Crippen molar-refractivity contribution in [3.63, 3.8) is 0 Å². The van der Waals surface area contributed by atoms with Crippen LogP contribution in [0.2, 0.25) is 0 Å². The van der Waals surface area contributed by atoms with Crippen LogP contribution in [0.4, 0.5) is 4.39 Å². The van der Waals surface area contributed by atoms with E-state index in [4.69, 9.17) is 5.11 Å². The van der Waals surface area contributed by atoms with Crippen LogP contribution in [0, 0.1) is 11.7 Å². The zero-order valence-electron chi connectivity index (χ0n) is 12.2. The van der Waals surface area contributed by atoms with Crippen LogP contribution >= 0.6 is 0 Å². The quantitative estimate of drug-likeness (QED) is 0.892. The van der Waals surface area contributed by atoms with E-state index in [9.17, 15) is 14.0 Å². The Morgan fingerprint density at radius 3 is 2.77 bits per heavy atom. The van der Waals surface area contributed by atoms with Gasteiger partial charge >= 0.3 is 5.97 Å². The summed E-state index contributed by atoms with van der Waals surface area (Å²) in [5.41, 5.74) is 0.856. The maximum absolute atomic E-state index is 13.7. The molecule has 0 saturated heterocycles. The minimum Gasteiger partial charge on any atom is -0.481 e. The van der Waals surface area contributed by atoms with Gasteiger partial charge < -0.3 is 15.0 Å². The average molecular weight is 304 g/mol. The van der Waals surface area contributed by atoms with Gasteiger partial charge in [-0.25, -0.2) is 4.39 Å². The van der Waals surface area contributed by atoms with Crippen LogP contribution in [0.25, 0.3) is 10.9 Å². The Morgan fingerprint density at radius 1 is 1.45 bits per heavy atom. The van der Waals surface area contributed by atoms with Crippen LogP contribution in [0.3, 0.4) is 0 Å². The number of fused-ring (bicyclic) bond motifs is 1. The lowest BCUT2D eigenvalue weighted by Gasteiger charge is -2.23. The van der Waals surface area contributed by atoms with Crippen LogP contribution in [-0.2, 0) is 4.79 Å². The van der Waals surface area contributed by atoms with Gasteiger partial charge in [0.1, 0.15) is 11.5 Å². The van der Waals surface area contributed by atoms with E-state index in [0.29, 0.717) is 16.6 Å². The van der Waals surface area contributed by atoms with Crippen molar-refractivity contribution >= 4 is 22.8 Å². The molecule has 1 aliphatic carbocycles. The van der Waals surface area contributed by atoms with Gasteiger partial charge in [0.25, 0.3) is 5.91 Å². The fourth-order valence-electron chi connectivity index (χ4n) is 2.55. The number of aliphatic carboxylic acids is 1. The number of carbonyl (C=O) groups is 2. The number of carboxylic acid groups (broad SMARTS) is 1. The summed E-state index contributed by atoms with van der Waals surface area (Å²) in [6, 6.07) is 6.21. The highest BCUT2D eigenvalue weighted by Gasteiger charge is 2.35. The van der Waals surface area contributed by atoms with Gasteiger partial charge in [0.05, 0.1) is 5.92 Å². The molecule has 2 N–H and O–H groups in total. The van der Waals surface area contributed by atoms with Crippen molar-refractivity contribution in [2.45, 2.75) is 25.8 Å². The first-order valence-electron chi connectivity index (χ1n) is 7.28. The third-order valence-electron chi connectivity index (χ3n) is 3.98. The second-order valence-corrected chi connectivity index (χ2v) is 5.81. The molecule has 2 aromatic rings. The maximum atomic E-state index is 13.7. The van der Waals surface area contributed by atoms with Gasteiger partial charge in [-0.3, -0.25) is 9.59 Å². The van der Waals surface area contributed by atoms with E-state index in [1.54, 1.807) is 24.0 Å². The zero-order valence-corrected chi connectivity index (χ0v) is 12.2. The molecule has 22 heavy (non-hydrogen) atoms. The largest absolute Gasteiger partial charge is 0.481 e. The molecule has 1 saturated carbocycles. The molecule has 0 spiro atoms.